The molecule has 32 heavy (non-hydrogen) atoms. The second kappa shape index (κ2) is 11.5. The fourth-order valence-electron chi connectivity index (χ4n) is 3.61. The van der Waals surface area contributed by atoms with Gasteiger partial charge in [-0.2, -0.15) is 0 Å². The van der Waals surface area contributed by atoms with Gasteiger partial charge in [-0.3, -0.25) is 9.59 Å². The molecule has 0 spiro atoms. The summed E-state index contributed by atoms with van der Waals surface area (Å²) < 4.78 is 16.1. The minimum Gasteiger partial charge on any atom is -0.497 e. The molecule has 0 saturated carbocycles. The van der Waals surface area contributed by atoms with E-state index < -0.39 is 12.1 Å². The highest BCUT2D eigenvalue weighted by Crippen LogP contribution is 2.33. The van der Waals surface area contributed by atoms with Crippen molar-refractivity contribution in [2.75, 3.05) is 20.3 Å². The summed E-state index contributed by atoms with van der Waals surface area (Å²) in [5.41, 5.74) is 1.34. The van der Waals surface area contributed by atoms with E-state index in [2.05, 4.69) is 5.32 Å². The number of hydrogen-bond acceptors (Lipinski definition) is 6. The molecule has 2 N–H and O–H groups in total. The van der Waals surface area contributed by atoms with E-state index in [1.165, 1.54) is 0 Å². The molecule has 0 fully saturated rings. The van der Waals surface area contributed by atoms with E-state index in [4.69, 9.17) is 14.2 Å². The molecule has 7 heteroatoms. The Morgan fingerprint density at radius 3 is 2.41 bits per heavy atom. The van der Waals surface area contributed by atoms with Crippen molar-refractivity contribution in [2.24, 2.45) is 0 Å². The molecule has 2 aromatic rings. The van der Waals surface area contributed by atoms with Gasteiger partial charge in [0.05, 0.1) is 19.3 Å². The number of methoxy groups -OCH3 is 1. The standard InChI is InChI=1S/C25H31NO6/c1-17(25(29)19-10-13-22-23(16-19)32-15-14-31-22)26-24(28)7-5-3-4-6-21(27)18-8-11-20(30-2)12-9-18/h8-13,16-17,25,29H,3-7,14-15H2,1-2H3,(H,26,28)/t17-,25+/m1/s1. The molecular weight excluding hydrogens is 410 g/mol. The van der Waals surface area contributed by atoms with Crippen LogP contribution in [0.5, 0.6) is 17.2 Å². The highest BCUT2D eigenvalue weighted by molar-refractivity contribution is 5.96. The Morgan fingerprint density at radius 2 is 1.69 bits per heavy atom. The molecule has 0 aromatic heterocycles. The third-order valence-electron chi connectivity index (χ3n) is 5.49. The van der Waals surface area contributed by atoms with Gasteiger partial charge in [-0.1, -0.05) is 12.5 Å². The zero-order chi connectivity index (χ0) is 22.9. The molecule has 2 atom stereocenters. The Hall–Kier alpha value is -3.06. The number of ether oxygens (including phenoxy) is 3. The largest absolute Gasteiger partial charge is 0.497 e. The predicted octanol–water partition coefficient (Wildman–Crippen LogP) is 3.84. The van der Waals surface area contributed by atoms with E-state index in [1.807, 2.05) is 0 Å². The molecule has 0 aliphatic carbocycles. The Morgan fingerprint density at radius 1 is 1.00 bits per heavy atom. The van der Waals surface area contributed by atoms with Gasteiger partial charge < -0.3 is 24.6 Å². The first-order chi connectivity index (χ1) is 15.5. The topological polar surface area (TPSA) is 94.1 Å². The van der Waals surface area contributed by atoms with Crippen molar-refractivity contribution in [3.05, 3.63) is 53.6 Å². The summed E-state index contributed by atoms with van der Waals surface area (Å²) in [5, 5.41) is 13.4. The zero-order valence-electron chi connectivity index (χ0n) is 18.6. The molecule has 1 heterocycles. The third-order valence-corrected chi connectivity index (χ3v) is 5.49. The Bertz CT molecular complexity index is 911. The van der Waals surface area contributed by atoms with E-state index in [0.29, 0.717) is 55.1 Å². The van der Waals surface area contributed by atoms with Crippen LogP contribution < -0.4 is 19.5 Å². The van der Waals surface area contributed by atoms with Crippen LogP contribution in [0.1, 0.15) is 61.1 Å². The number of fused-ring (bicyclic) bond motifs is 1. The van der Waals surface area contributed by atoms with Gasteiger partial charge in [-0.25, -0.2) is 0 Å². The lowest BCUT2D eigenvalue weighted by atomic mass is 10.0. The third kappa shape index (κ3) is 6.47. The molecule has 172 valence electrons. The van der Waals surface area contributed by atoms with Gasteiger partial charge in [0.25, 0.3) is 0 Å². The fourth-order valence-corrected chi connectivity index (χ4v) is 3.61. The van der Waals surface area contributed by atoms with Gasteiger partial charge in [0.15, 0.2) is 17.3 Å². The number of benzene rings is 2. The Labute approximate surface area is 188 Å². The summed E-state index contributed by atoms with van der Waals surface area (Å²) in [6.45, 7) is 2.76. The number of aliphatic hydroxyl groups is 1. The smallest absolute Gasteiger partial charge is 0.220 e. The number of carbonyl (C=O) groups excluding carboxylic acids is 2. The van der Waals surface area contributed by atoms with Crippen molar-refractivity contribution in [3.8, 4) is 17.2 Å². The van der Waals surface area contributed by atoms with E-state index in [0.717, 1.165) is 18.6 Å². The summed E-state index contributed by atoms with van der Waals surface area (Å²) in [6, 6.07) is 11.9. The summed E-state index contributed by atoms with van der Waals surface area (Å²) in [4.78, 5) is 24.5. The van der Waals surface area contributed by atoms with Crippen LogP contribution in [0.2, 0.25) is 0 Å². The number of hydrogen-bond donors (Lipinski definition) is 2. The van der Waals surface area contributed by atoms with E-state index in [9.17, 15) is 14.7 Å². The number of amides is 1. The number of unbranched alkanes of at least 4 members (excludes halogenated alkanes) is 2. The first kappa shape index (κ1) is 23.6. The van der Waals surface area contributed by atoms with Crippen molar-refractivity contribution < 1.29 is 28.9 Å². The lowest BCUT2D eigenvalue weighted by molar-refractivity contribution is -0.122. The van der Waals surface area contributed by atoms with E-state index in [-0.39, 0.29) is 11.7 Å². The van der Waals surface area contributed by atoms with Crippen LogP contribution in [0.4, 0.5) is 0 Å². The molecule has 1 amide bonds. The van der Waals surface area contributed by atoms with Gasteiger partial charge >= 0.3 is 0 Å². The summed E-state index contributed by atoms with van der Waals surface area (Å²) in [5.74, 6) is 1.97. The maximum absolute atomic E-state index is 12.3. The van der Waals surface area contributed by atoms with Crippen molar-refractivity contribution in [2.45, 2.75) is 51.2 Å². The molecular formula is C25H31NO6. The number of rotatable bonds is 11. The predicted molar refractivity (Wildman–Crippen MR) is 120 cm³/mol. The SMILES string of the molecule is COc1ccc(C(=O)CCCCCC(=O)N[C@H](C)[C@H](O)c2ccc3c(c2)OCCO3)cc1. The maximum atomic E-state index is 12.3. The van der Waals surface area contributed by atoms with E-state index >= 15 is 0 Å². The summed E-state index contributed by atoms with van der Waals surface area (Å²) >= 11 is 0. The first-order valence-corrected chi connectivity index (χ1v) is 11.0. The van der Waals surface area contributed by atoms with Gasteiger partial charge in [0.2, 0.25) is 5.91 Å². The van der Waals surface area contributed by atoms with Gasteiger partial charge in [-0.05, 0) is 61.7 Å². The molecule has 3 rings (SSSR count). The quantitative estimate of drug-likeness (QED) is 0.407. The Balaban J connectivity index is 1.35. The number of aliphatic hydroxyl groups excluding tert-OH is 1. The molecule has 1 aliphatic heterocycles. The van der Waals surface area contributed by atoms with Crippen molar-refractivity contribution >= 4 is 11.7 Å². The van der Waals surface area contributed by atoms with Crippen LogP contribution in [0.25, 0.3) is 0 Å². The lowest BCUT2D eigenvalue weighted by Gasteiger charge is -2.23. The van der Waals surface area contributed by atoms with E-state index in [1.54, 1.807) is 56.5 Å². The average Bonchev–Trinajstić information content (AvgIpc) is 2.82. The fraction of sp³-hybridized carbons (Fsp3) is 0.440. The monoisotopic (exact) mass is 441 g/mol. The molecule has 0 bridgehead atoms. The van der Waals surface area contributed by atoms with Gasteiger partial charge in [0.1, 0.15) is 19.0 Å². The van der Waals surface area contributed by atoms with Gasteiger partial charge in [-0.15, -0.1) is 0 Å². The molecule has 0 unspecified atom stereocenters. The molecule has 0 saturated heterocycles. The summed E-state index contributed by atoms with van der Waals surface area (Å²) in [7, 11) is 1.59. The highest BCUT2D eigenvalue weighted by atomic mass is 16.6. The summed E-state index contributed by atoms with van der Waals surface area (Å²) in [6.07, 6.45) is 2.16. The second-order valence-electron chi connectivity index (χ2n) is 7.92. The molecule has 1 aliphatic rings. The van der Waals surface area contributed by atoms with Gasteiger partial charge in [0, 0.05) is 18.4 Å². The lowest BCUT2D eigenvalue weighted by Crippen LogP contribution is -2.37. The molecule has 0 radical (unpaired) electrons. The minimum atomic E-state index is -0.850. The van der Waals surface area contributed by atoms with Crippen molar-refractivity contribution in [1.29, 1.82) is 0 Å². The van der Waals surface area contributed by atoms with Crippen LogP contribution in [0.15, 0.2) is 42.5 Å². The second-order valence-corrected chi connectivity index (χ2v) is 7.92. The molecule has 7 nitrogen and oxygen atoms in total. The Kier molecular flexibility index (Phi) is 8.50. The number of nitrogens with one attached hydrogen (secondary N) is 1. The average molecular weight is 442 g/mol. The van der Waals surface area contributed by atoms with Crippen LogP contribution in [-0.2, 0) is 4.79 Å². The van der Waals surface area contributed by atoms with Crippen molar-refractivity contribution in [1.82, 2.24) is 5.32 Å². The highest BCUT2D eigenvalue weighted by Gasteiger charge is 2.21. The zero-order valence-corrected chi connectivity index (χ0v) is 18.6. The van der Waals surface area contributed by atoms with Crippen LogP contribution in [0.3, 0.4) is 0 Å². The van der Waals surface area contributed by atoms with Crippen molar-refractivity contribution in [3.63, 3.8) is 0 Å². The number of ketones is 1. The maximum Gasteiger partial charge on any atom is 0.220 e. The minimum absolute atomic E-state index is 0.0910. The number of Topliss-reactive ketones (excluding diaryl/α,β-unsaturated/α-hetero) is 1. The van der Waals surface area contributed by atoms with Crippen LogP contribution >= 0.6 is 0 Å². The normalized spacial score (nSPS) is 14.3. The molecule has 2 aromatic carbocycles. The first-order valence-electron chi connectivity index (χ1n) is 11.0. The van der Waals surface area contributed by atoms with Crippen LogP contribution in [-0.4, -0.2) is 43.2 Å². The number of carbonyl (C=O) groups is 2. The van der Waals surface area contributed by atoms with Crippen LogP contribution in [0, 0.1) is 0 Å².